The molecule has 1 aliphatic rings. The minimum absolute atomic E-state index is 0.0838. The summed E-state index contributed by atoms with van der Waals surface area (Å²) >= 11 is 0. The fraction of sp³-hybridized carbons (Fsp3) is 0.316. The van der Waals surface area contributed by atoms with E-state index in [4.69, 9.17) is 0 Å². The van der Waals surface area contributed by atoms with Crippen molar-refractivity contribution in [2.24, 2.45) is 0 Å². The highest BCUT2D eigenvalue weighted by atomic mass is 16.3. The Hall–Kier alpha value is -2.37. The topological polar surface area (TPSA) is 73.4 Å². The molecule has 4 N–H and O–H groups in total. The Labute approximate surface area is 142 Å². The first-order valence-corrected chi connectivity index (χ1v) is 8.12. The van der Waals surface area contributed by atoms with Gasteiger partial charge in [-0.05, 0) is 50.5 Å². The smallest absolute Gasteiger partial charge is 0.242 e. The number of hydrogen-bond donors (Lipinski definition) is 4. The van der Waals surface area contributed by atoms with Crippen molar-refractivity contribution in [3.63, 3.8) is 0 Å². The number of phenols is 1. The number of hydrogen-bond acceptors (Lipinski definition) is 4. The van der Waals surface area contributed by atoms with Gasteiger partial charge in [0.25, 0.3) is 0 Å². The molecule has 5 nitrogen and oxygen atoms in total. The maximum atomic E-state index is 12.4. The van der Waals surface area contributed by atoms with Gasteiger partial charge in [0.05, 0.1) is 6.04 Å². The number of carbonyl (C=O) groups excluding carboxylic acids is 1. The van der Waals surface area contributed by atoms with Crippen LogP contribution < -0.4 is 16.2 Å². The highest BCUT2D eigenvalue weighted by molar-refractivity contribution is 5.95. The Balaban J connectivity index is 1.70. The van der Waals surface area contributed by atoms with E-state index in [2.05, 4.69) is 16.2 Å². The van der Waals surface area contributed by atoms with E-state index in [0.717, 1.165) is 27.9 Å². The number of carbonyl (C=O) groups is 1. The fourth-order valence-corrected chi connectivity index (χ4v) is 3.14. The van der Waals surface area contributed by atoms with E-state index < -0.39 is 0 Å². The fourth-order valence-electron chi connectivity index (χ4n) is 3.14. The van der Waals surface area contributed by atoms with Gasteiger partial charge >= 0.3 is 0 Å². The third kappa shape index (κ3) is 3.42. The molecule has 5 heteroatoms. The van der Waals surface area contributed by atoms with Gasteiger partial charge in [-0.1, -0.05) is 29.8 Å². The van der Waals surface area contributed by atoms with E-state index in [1.807, 2.05) is 57.2 Å². The van der Waals surface area contributed by atoms with Crippen LogP contribution in [0.15, 0.2) is 36.4 Å². The van der Waals surface area contributed by atoms with Crippen molar-refractivity contribution in [2.45, 2.75) is 39.3 Å². The van der Waals surface area contributed by atoms with Crippen LogP contribution in [0.2, 0.25) is 0 Å². The average molecular weight is 325 g/mol. The van der Waals surface area contributed by atoms with E-state index in [1.165, 1.54) is 0 Å². The summed E-state index contributed by atoms with van der Waals surface area (Å²) in [5.41, 5.74) is 10.8. The molecule has 0 aliphatic carbocycles. The van der Waals surface area contributed by atoms with Gasteiger partial charge in [-0.3, -0.25) is 4.79 Å². The molecule has 2 aromatic carbocycles. The van der Waals surface area contributed by atoms with Gasteiger partial charge in [0.2, 0.25) is 5.91 Å². The molecule has 1 amide bonds. The molecule has 0 radical (unpaired) electrons. The quantitative estimate of drug-likeness (QED) is 0.700. The van der Waals surface area contributed by atoms with Crippen molar-refractivity contribution in [3.05, 3.63) is 58.7 Å². The molecule has 1 heterocycles. The molecule has 2 aromatic rings. The zero-order valence-corrected chi connectivity index (χ0v) is 14.2. The van der Waals surface area contributed by atoms with E-state index in [-0.39, 0.29) is 18.0 Å². The van der Waals surface area contributed by atoms with Crippen LogP contribution in [-0.4, -0.2) is 17.1 Å². The SMILES string of the molecule is Cc1cccc(NC(=O)C2CC(c3cc(C)cc(C)c3O)NN2)c1. The molecule has 1 aliphatic heterocycles. The zero-order chi connectivity index (χ0) is 17.3. The Morgan fingerprint density at radius 3 is 2.67 bits per heavy atom. The second-order valence-corrected chi connectivity index (χ2v) is 6.51. The van der Waals surface area contributed by atoms with Crippen molar-refractivity contribution in [1.82, 2.24) is 10.9 Å². The highest BCUT2D eigenvalue weighted by Crippen LogP contribution is 2.33. The number of rotatable bonds is 3. The Bertz CT molecular complexity index is 773. The summed E-state index contributed by atoms with van der Waals surface area (Å²) in [5, 5.41) is 13.2. The van der Waals surface area contributed by atoms with Gasteiger partial charge in [0, 0.05) is 11.3 Å². The Morgan fingerprint density at radius 2 is 1.92 bits per heavy atom. The summed E-state index contributed by atoms with van der Waals surface area (Å²) in [4.78, 5) is 12.4. The first-order valence-electron chi connectivity index (χ1n) is 8.12. The third-order valence-corrected chi connectivity index (χ3v) is 4.36. The number of benzene rings is 2. The summed E-state index contributed by atoms with van der Waals surface area (Å²) in [6, 6.07) is 11.2. The van der Waals surface area contributed by atoms with E-state index in [1.54, 1.807) is 0 Å². The van der Waals surface area contributed by atoms with Gasteiger partial charge in [0.15, 0.2) is 0 Å². The first kappa shape index (κ1) is 16.5. The highest BCUT2D eigenvalue weighted by Gasteiger charge is 2.31. The lowest BCUT2D eigenvalue weighted by molar-refractivity contribution is -0.117. The second kappa shape index (κ2) is 6.63. The largest absolute Gasteiger partial charge is 0.507 e. The molecule has 3 rings (SSSR count). The minimum atomic E-state index is -0.351. The third-order valence-electron chi connectivity index (χ3n) is 4.36. The average Bonchev–Trinajstić information content (AvgIpc) is 3.00. The molecule has 1 saturated heterocycles. The molecule has 1 fully saturated rings. The number of aromatic hydroxyl groups is 1. The van der Waals surface area contributed by atoms with Crippen LogP contribution in [0.1, 0.15) is 34.7 Å². The minimum Gasteiger partial charge on any atom is -0.507 e. The van der Waals surface area contributed by atoms with Crippen molar-refractivity contribution in [2.75, 3.05) is 5.32 Å². The van der Waals surface area contributed by atoms with Gasteiger partial charge in [-0.25, -0.2) is 10.9 Å². The lowest BCUT2D eigenvalue weighted by Crippen LogP contribution is -2.39. The lowest BCUT2D eigenvalue weighted by Gasteiger charge is -2.14. The van der Waals surface area contributed by atoms with Gasteiger partial charge < -0.3 is 10.4 Å². The predicted molar refractivity (Wildman–Crippen MR) is 94.8 cm³/mol. The van der Waals surface area contributed by atoms with Crippen molar-refractivity contribution < 1.29 is 9.90 Å². The van der Waals surface area contributed by atoms with Gasteiger partial charge in [0.1, 0.15) is 11.8 Å². The molecular formula is C19H23N3O2. The van der Waals surface area contributed by atoms with Crippen molar-refractivity contribution >= 4 is 11.6 Å². The summed E-state index contributed by atoms with van der Waals surface area (Å²) in [6.07, 6.45) is 0.577. The monoisotopic (exact) mass is 325 g/mol. The summed E-state index contributed by atoms with van der Waals surface area (Å²) < 4.78 is 0. The van der Waals surface area contributed by atoms with Crippen LogP contribution in [0.5, 0.6) is 5.75 Å². The van der Waals surface area contributed by atoms with Crippen LogP contribution >= 0.6 is 0 Å². The number of nitrogens with one attached hydrogen (secondary N) is 3. The van der Waals surface area contributed by atoms with Crippen molar-refractivity contribution in [1.29, 1.82) is 0 Å². The maximum Gasteiger partial charge on any atom is 0.242 e. The normalized spacial score (nSPS) is 20.1. The van der Waals surface area contributed by atoms with E-state index >= 15 is 0 Å². The molecular weight excluding hydrogens is 302 g/mol. The van der Waals surface area contributed by atoms with Crippen LogP contribution in [-0.2, 0) is 4.79 Å². The lowest BCUT2D eigenvalue weighted by atomic mass is 9.96. The summed E-state index contributed by atoms with van der Waals surface area (Å²) in [6.45, 7) is 5.88. The molecule has 2 atom stereocenters. The molecule has 24 heavy (non-hydrogen) atoms. The van der Waals surface area contributed by atoms with Crippen LogP contribution in [0, 0.1) is 20.8 Å². The zero-order valence-electron chi connectivity index (χ0n) is 14.2. The Morgan fingerprint density at radius 1 is 1.12 bits per heavy atom. The van der Waals surface area contributed by atoms with E-state index in [9.17, 15) is 9.90 Å². The van der Waals surface area contributed by atoms with Crippen LogP contribution in [0.4, 0.5) is 5.69 Å². The second-order valence-electron chi connectivity index (χ2n) is 6.51. The first-order chi connectivity index (χ1) is 11.4. The van der Waals surface area contributed by atoms with E-state index in [0.29, 0.717) is 12.2 Å². The maximum absolute atomic E-state index is 12.4. The molecule has 126 valence electrons. The number of amides is 1. The molecule has 0 saturated carbocycles. The van der Waals surface area contributed by atoms with Gasteiger partial charge in [-0.2, -0.15) is 0 Å². The van der Waals surface area contributed by atoms with Crippen LogP contribution in [0.3, 0.4) is 0 Å². The summed E-state index contributed by atoms with van der Waals surface area (Å²) in [7, 11) is 0. The summed E-state index contributed by atoms with van der Waals surface area (Å²) in [5.74, 6) is 0.208. The molecule has 0 bridgehead atoms. The predicted octanol–water partition coefficient (Wildman–Crippen LogP) is 2.86. The van der Waals surface area contributed by atoms with Crippen LogP contribution in [0.25, 0.3) is 0 Å². The molecule has 0 spiro atoms. The number of anilines is 1. The standard InChI is InChI=1S/C19H23N3O2/c1-11-5-4-6-14(8-11)20-19(24)17-10-16(21-22-17)15-9-12(2)7-13(3)18(15)23/h4-9,16-17,21-23H,10H2,1-3H3,(H,20,24). The number of phenolic OH excluding ortho intramolecular Hbond substituents is 1. The molecule has 2 unspecified atom stereocenters. The number of aryl methyl sites for hydroxylation is 3. The Kier molecular flexibility index (Phi) is 4.55. The van der Waals surface area contributed by atoms with Crippen molar-refractivity contribution in [3.8, 4) is 5.75 Å². The number of hydrazine groups is 1. The molecule has 0 aromatic heterocycles. The van der Waals surface area contributed by atoms with Gasteiger partial charge in [-0.15, -0.1) is 0 Å².